The van der Waals surface area contributed by atoms with Gasteiger partial charge in [-0.25, -0.2) is 0 Å². The number of thioether (sulfide) groups is 1. The number of likely N-dealkylation sites (tertiary alicyclic amines) is 1. The van der Waals surface area contributed by atoms with E-state index in [4.69, 9.17) is 4.74 Å². The number of carbonyl (C=O) groups excluding carboxylic acids is 2. The Bertz CT molecular complexity index is 974. The van der Waals surface area contributed by atoms with Gasteiger partial charge in [-0.3, -0.25) is 9.59 Å². The average molecular weight is 554 g/mol. The zero-order chi connectivity index (χ0) is 28.0. The third-order valence-electron chi connectivity index (χ3n) is 6.04. The Balaban J connectivity index is 0.000000260. The summed E-state index contributed by atoms with van der Waals surface area (Å²) in [6.45, 7) is 1.24. The van der Waals surface area contributed by atoms with Gasteiger partial charge in [0.2, 0.25) is 5.91 Å². The van der Waals surface area contributed by atoms with E-state index in [1.807, 2.05) is 19.2 Å². The van der Waals surface area contributed by atoms with Crippen LogP contribution in [-0.2, 0) is 11.0 Å². The number of methoxy groups -OCH3 is 1. The van der Waals surface area contributed by atoms with Crippen LogP contribution in [0.4, 0.5) is 13.2 Å². The van der Waals surface area contributed by atoms with Crippen LogP contribution in [0.5, 0.6) is 5.75 Å². The molecule has 2 aromatic rings. The minimum absolute atomic E-state index is 0.0967. The first-order chi connectivity index (χ1) is 18.2. The molecule has 1 aliphatic heterocycles. The molecular formula is C28H38F3N3O3S. The Hall–Kier alpha value is -2.72. The summed E-state index contributed by atoms with van der Waals surface area (Å²) < 4.78 is 42.4. The van der Waals surface area contributed by atoms with Crippen LogP contribution in [0.15, 0.2) is 48.5 Å². The van der Waals surface area contributed by atoms with Crippen LogP contribution in [0.2, 0.25) is 0 Å². The fourth-order valence-electron chi connectivity index (χ4n) is 3.76. The number of hydrogen-bond acceptors (Lipinski definition) is 5. The van der Waals surface area contributed by atoms with Gasteiger partial charge >= 0.3 is 6.18 Å². The molecule has 0 aromatic heterocycles. The molecule has 0 radical (unpaired) electrons. The third-order valence-corrected chi connectivity index (χ3v) is 6.61. The Morgan fingerprint density at radius 1 is 1.00 bits per heavy atom. The number of nitrogens with one attached hydrogen (secondary N) is 2. The van der Waals surface area contributed by atoms with Gasteiger partial charge in [0.05, 0.1) is 19.2 Å². The average Bonchev–Trinajstić information content (AvgIpc) is 3.79. The standard InChI is InChI=1S/C15H17F3N2O2.C10H12O.C3H9NS/c16-15(17,18)12-6-4-11(5-7-12)14(22)19-10-13(21)20-8-2-1-3-9-20;1-11-10-6-4-9(5-7-10)8-2-3-8;1-4-3-5-2/h4-7H,1-3,8-10H2,(H,19,22);4-8H,2-3H2,1H3;4H,3H2,1-2H3. The van der Waals surface area contributed by atoms with Gasteiger partial charge in [0.25, 0.3) is 5.91 Å². The van der Waals surface area contributed by atoms with Crippen LogP contribution in [0.1, 0.15) is 59.5 Å². The van der Waals surface area contributed by atoms with Crippen LogP contribution in [-0.4, -0.2) is 62.6 Å². The van der Waals surface area contributed by atoms with Gasteiger partial charge in [-0.05, 0) is 93.3 Å². The van der Waals surface area contributed by atoms with E-state index < -0.39 is 17.6 Å². The highest BCUT2D eigenvalue weighted by Crippen LogP contribution is 2.40. The number of ether oxygens (including phenoxy) is 1. The molecule has 2 N–H and O–H groups in total. The van der Waals surface area contributed by atoms with Crippen LogP contribution < -0.4 is 15.4 Å². The number of nitrogens with zero attached hydrogens (tertiary/aromatic N) is 1. The van der Waals surface area contributed by atoms with Gasteiger partial charge in [-0.15, -0.1) is 11.8 Å². The zero-order valence-electron chi connectivity index (χ0n) is 22.3. The lowest BCUT2D eigenvalue weighted by Crippen LogP contribution is -2.42. The molecule has 2 aliphatic rings. The fourth-order valence-corrected chi connectivity index (χ4v) is 4.05. The molecule has 38 heavy (non-hydrogen) atoms. The van der Waals surface area contributed by atoms with E-state index in [0.717, 1.165) is 61.1 Å². The largest absolute Gasteiger partial charge is 0.497 e. The Labute approximate surface area is 227 Å². The van der Waals surface area contributed by atoms with E-state index in [-0.39, 0.29) is 18.0 Å². The van der Waals surface area contributed by atoms with Crippen molar-refractivity contribution in [1.82, 2.24) is 15.5 Å². The van der Waals surface area contributed by atoms with Gasteiger partial charge < -0.3 is 20.3 Å². The zero-order valence-corrected chi connectivity index (χ0v) is 23.1. The van der Waals surface area contributed by atoms with Crippen molar-refractivity contribution in [1.29, 1.82) is 0 Å². The van der Waals surface area contributed by atoms with Gasteiger partial charge in [0, 0.05) is 24.5 Å². The number of benzene rings is 2. The van der Waals surface area contributed by atoms with Crippen molar-refractivity contribution in [2.24, 2.45) is 0 Å². The lowest BCUT2D eigenvalue weighted by molar-refractivity contribution is -0.137. The van der Waals surface area contributed by atoms with Crippen molar-refractivity contribution < 1.29 is 27.5 Å². The molecule has 210 valence electrons. The summed E-state index contributed by atoms with van der Waals surface area (Å²) >= 11 is 1.79. The molecule has 1 aliphatic carbocycles. The first kappa shape index (κ1) is 31.5. The maximum atomic E-state index is 12.4. The summed E-state index contributed by atoms with van der Waals surface area (Å²) in [4.78, 5) is 25.4. The molecule has 0 spiro atoms. The minimum Gasteiger partial charge on any atom is -0.497 e. The molecular weight excluding hydrogens is 515 g/mol. The number of amides is 2. The first-order valence-electron chi connectivity index (χ1n) is 12.7. The van der Waals surface area contributed by atoms with Crippen LogP contribution >= 0.6 is 11.8 Å². The fraction of sp³-hybridized carbons (Fsp3) is 0.500. The predicted molar refractivity (Wildman–Crippen MR) is 147 cm³/mol. The summed E-state index contributed by atoms with van der Waals surface area (Å²) in [5.41, 5.74) is 0.749. The molecule has 0 atom stereocenters. The molecule has 1 heterocycles. The first-order valence-corrected chi connectivity index (χ1v) is 14.1. The Morgan fingerprint density at radius 2 is 1.61 bits per heavy atom. The summed E-state index contributed by atoms with van der Waals surface area (Å²) in [6.07, 6.45) is 3.38. The van der Waals surface area contributed by atoms with Crippen molar-refractivity contribution in [2.45, 2.75) is 44.2 Å². The Morgan fingerprint density at radius 3 is 2.05 bits per heavy atom. The molecule has 1 saturated heterocycles. The van der Waals surface area contributed by atoms with Crippen molar-refractivity contribution in [3.63, 3.8) is 0 Å². The lowest BCUT2D eigenvalue weighted by atomic mass is 10.1. The molecule has 4 rings (SSSR count). The number of carbonyl (C=O) groups is 2. The maximum Gasteiger partial charge on any atom is 0.416 e. The number of hydrogen-bond donors (Lipinski definition) is 2. The molecule has 2 aromatic carbocycles. The second kappa shape index (κ2) is 16.3. The van der Waals surface area contributed by atoms with E-state index >= 15 is 0 Å². The normalized spacial score (nSPS) is 14.8. The molecule has 0 bridgehead atoms. The van der Waals surface area contributed by atoms with Crippen LogP contribution in [0.25, 0.3) is 0 Å². The van der Waals surface area contributed by atoms with Crippen LogP contribution in [0.3, 0.4) is 0 Å². The van der Waals surface area contributed by atoms with E-state index in [0.29, 0.717) is 13.1 Å². The SMILES string of the molecule is CNCSC.COc1ccc(C2CC2)cc1.O=C(NCC(=O)N1CCCCC1)c1ccc(C(F)(F)F)cc1. The minimum atomic E-state index is -4.43. The molecule has 10 heteroatoms. The van der Waals surface area contributed by atoms with Gasteiger partial charge in [-0.2, -0.15) is 13.2 Å². The second-order valence-corrected chi connectivity index (χ2v) is 9.90. The van der Waals surface area contributed by atoms with Gasteiger partial charge in [0.15, 0.2) is 0 Å². The van der Waals surface area contributed by atoms with E-state index in [2.05, 4.69) is 29.0 Å². The molecule has 1 saturated carbocycles. The highest BCUT2D eigenvalue weighted by molar-refractivity contribution is 7.98. The monoisotopic (exact) mass is 553 g/mol. The summed E-state index contributed by atoms with van der Waals surface area (Å²) in [5, 5.41) is 5.42. The van der Waals surface area contributed by atoms with Crippen molar-refractivity contribution in [3.8, 4) is 5.75 Å². The van der Waals surface area contributed by atoms with Crippen molar-refractivity contribution >= 4 is 23.6 Å². The summed E-state index contributed by atoms with van der Waals surface area (Å²) in [6, 6.07) is 12.3. The number of piperidine rings is 1. The van der Waals surface area contributed by atoms with E-state index in [1.54, 1.807) is 23.8 Å². The molecule has 6 nitrogen and oxygen atoms in total. The van der Waals surface area contributed by atoms with Gasteiger partial charge in [0.1, 0.15) is 5.75 Å². The van der Waals surface area contributed by atoms with E-state index in [9.17, 15) is 22.8 Å². The van der Waals surface area contributed by atoms with Crippen molar-refractivity contribution in [2.75, 3.05) is 45.9 Å². The van der Waals surface area contributed by atoms with Crippen molar-refractivity contribution in [3.05, 3.63) is 65.2 Å². The quantitative estimate of drug-likeness (QED) is 0.440. The van der Waals surface area contributed by atoms with Crippen LogP contribution in [0, 0.1) is 0 Å². The lowest BCUT2D eigenvalue weighted by Gasteiger charge is -2.26. The Kier molecular flexibility index (Phi) is 13.5. The van der Waals surface area contributed by atoms with Gasteiger partial charge in [-0.1, -0.05) is 12.1 Å². The topological polar surface area (TPSA) is 70.7 Å². The number of rotatable bonds is 7. The second-order valence-electron chi connectivity index (χ2n) is 9.03. The molecule has 0 unspecified atom stereocenters. The highest BCUT2D eigenvalue weighted by Gasteiger charge is 2.30. The van der Waals surface area contributed by atoms with E-state index in [1.165, 1.54) is 18.4 Å². The molecule has 2 amide bonds. The summed E-state index contributed by atoms with van der Waals surface area (Å²) in [7, 11) is 3.64. The highest BCUT2D eigenvalue weighted by atomic mass is 32.2. The smallest absolute Gasteiger partial charge is 0.416 e. The summed E-state index contributed by atoms with van der Waals surface area (Å²) in [5.74, 6) is 2.13. The number of alkyl halides is 3. The maximum absolute atomic E-state index is 12.4. The molecule has 2 fully saturated rings. The number of halogens is 3. The predicted octanol–water partition coefficient (Wildman–Crippen LogP) is 5.55. The third kappa shape index (κ3) is 11.3.